The average Bonchev–Trinajstić information content (AvgIpc) is 2.89. The van der Waals surface area contributed by atoms with Gasteiger partial charge >= 0.3 is 11.9 Å². The van der Waals surface area contributed by atoms with Crippen LogP contribution in [-0.2, 0) is 23.9 Å². The molecule has 110 valence electrons. The standard InChI is InChI=1S/C15H20O5/c1-4-19-13(17)15(14(18)20-5-2)7-10-6-12(16)9(3)11(10)8-15/h10H,4-8H2,1-3H3/t10-/m0/s1. The van der Waals surface area contributed by atoms with Gasteiger partial charge in [0.2, 0.25) is 0 Å². The molecule has 2 aliphatic rings. The molecule has 0 heterocycles. The van der Waals surface area contributed by atoms with Crippen molar-refractivity contribution < 1.29 is 23.9 Å². The van der Waals surface area contributed by atoms with Gasteiger partial charge in [0.15, 0.2) is 11.2 Å². The van der Waals surface area contributed by atoms with Crippen molar-refractivity contribution in [3.63, 3.8) is 0 Å². The van der Waals surface area contributed by atoms with Gasteiger partial charge < -0.3 is 9.47 Å². The molecule has 5 heteroatoms. The van der Waals surface area contributed by atoms with E-state index in [4.69, 9.17) is 9.47 Å². The number of ether oxygens (including phenoxy) is 2. The first-order chi connectivity index (χ1) is 9.46. The van der Waals surface area contributed by atoms with Crippen molar-refractivity contribution >= 4 is 17.7 Å². The monoisotopic (exact) mass is 280 g/mol. The number of Topliss-reactive ketones (excluding diaryl/α,β-unsaturated/α-hetero) is 1. The van der Waals surface area contributed by atoms with Crippen LogP contribution in [0.1, 0.15) is 40.0 Å². The highest BCUT2D eigenvalue weighted by atomic mass is 16.6. The number of fused-ring (bicyclic) bond motifs is 1. The Morgan fingerprint density at radius 1 is 1.20 bits per heavy atom. The molecule has 5 nitrogen and oxygen atoms in total. The Morgan fingerprint density at radius 3 is 2.20 bits per heavy atom. The first-order valence-corrected chi connectivity index (χ1v) is 7.03. The summed E-state index contributed by atoms with van der Waals surface area (Å²) >= 11 is 0. The van der Waals surface area contributed by atoms with Gasteiger partial charge in [0.05, 0.1) is 13.2 Å². The van der Waals surface area contributed by atoms with Crippen molar-refractivity contribution in [2.24, 2.45) is 11.3 Å². The van der Waals surface area contributed by atoms with Crippen molar-refractivity contribution in [3.05, 3.63) is 11.1 Å². The van der Waals surface area contributed by atoms with E-state index in [0.717, 1.165) is 5.57 Å². The third-order valence-corrected chi connectivity index (χ3v) is 4.24. The van der Waals surface area contributed by atoms with Crippen LogP contribution in [-0.4, -0.2) is 30.9 Å². The molecule has 0 N–H and O–H groups in total. The summed E-state index contributed by atoms with van der Waals surface area (Å²) < 4.78 is 10.2. The first-order valence-electron chi connectivity index (χ1n) is 7.03. The van der Waals surface area contributed by atoms with Gasteiger partial charge in [-0.3, -0.25) is 14.4 Å². The molecule has 0 spiro atoms. The first kappa shape index (κ1) is 14.8. The van der Waals surface area contributed by atoms with E-state index in [1.54, 1.807) is 20.8 Å². The van der Waals surface area contributed by atoms with Gasteiger partial charge in [-0.15, -0.1) is 0 Å². The number of esters is 2. The molecular weight excluding hydrogens is 260 g/mol. The summed E-state index contributed by atoms with van der Waals surface area (Å²) in [7, 11) is 0. The molecule has 0 aromatic carbocycles. The number of hydrogen-bond acceptors (Lipinski definition) is 5. The summed E-state index contributed by atoms with van der Waals surface area (Å²) in [5.41, 5.74) is 0.370. The smallest absolute Gasteiger partial charge is 0.323 e. The fraction of sp³-hybridized carbons (Fsp3) is 0.667. The molecule has 0 radical (unpaired) electrons. The quantitative estimate of drug-likeness (QED) is 0.580. The number of carbonyl (C=O) groups is 3. The third kappa shape index (κ3) is 2.15. The summed E-state index contributed by atoms with van der Waals surface area (Å²) in [6.07, 6.45) is 0.970. The Kier molecular flexibility index (Phi) is 3.97. The maximum Gasteiger partial charge on any atom is 0.323 e. The Labute approximate surface area is 118 Å². The molecule has 0 amide bonds. The van der Waals surface area contributed by atoms with Crippen molar-refractivity contribution in [2.75, 3.05) is 13.2 Å². The zero-order valence-corrected chi connectivity index (χ0v) is 12.2. The summed E-state index contributed by atoms with van der Waals surface area (Å²) in [6, 6.07) is 0. The second-order valence-electron chi connectivity index (χ2n) is 5.38. The zero-order valence-electron chi connectivity index (χ0n) is 12.2. The second-order valence-corrected chi connectivity index (χ2v) is 5.38. The van der Waals surface area contributed by atoms with Gasteiger partial charge in [0.25, 0.3) is 0 Å². The van der Waals surface area contributed by atoms with Crippen LogP contribution in [0, 0.1) is 11.3 Å². The van der Waals surface area contributed by atoms with Crippen LogP contribution >= 0.6 is 0 Å². The highest BCUT2D eigenvalue weighted by Gasteiger charge is 2.57. The van der Waals surface area contributed by atoms with E-state index < -0.39 is 17.4 Å². The fourth-order valence-electron chi connectivity index (χ4n) is 3.21. The Bertz CT molecular complexity index is 470. The minimum absolute atomic E-state index is 0.0173. The molecule has 0 aromatic rings. The largest absolute Gasteiger partial charge is 0.465 e. The zero-order chi connectivity index (χ0) is 14.9. The normalized spacial score (nSPS) is 23.8. The topological polar surface area (TPSA) is 69.7 Å². The van der Waals surface area contributed by atoms with Gasteiger partial charge in [-0.1, -0.05) is 5.57 Å². The highest BCUT2D eigenvalue weighted by molar-refractivity contribution is 6.04. The maximum absolute atomic E-state index is 12.3. The van der Waals surface area contributed by atoms with E-state index in [-0.39, 0.29) is 31.3 Å². The molecule has 1 atom stereocenters. The van der Waals surface area contributed by atoms with Crippen molar-refractivity contribution in [1.82, 2.24) is 0 Å². The lowest BCUT2D eigenvalue weighted by Crippen LogP contribution is -2.40. The van der Waals surface area contributed by atoms with Gasteiger partial charge in [0.1, 0.15) is 0 Å². The molecule has 1 fully saturated rings. The Morgan fingerprint density at radius 2 is 1.75 bits per heavy atom. The van der Waals surface area contributed by atoms with Crippen LogP contribution in [0.5, 0.6) is 0 Å². The predicted octanol–water partition coefficient (Wildman–Crippen LogP) is 1.80. The van der Waals surface area contributed by atoms with Crippen LogP contribution in [0.2, 0.25) is 0 Å². The minimum Gasteiger partial charge on any atom is -0.465 e. The number of carbonyl (C=O) groups excluding carboxylic acids is 3. The van der Waals surface area contributed by atoms with Crippen LogP contribution in [0.4, 0.5) is 0 Å². The van der Waals surface area contributed by atoms with Gasteiger partial charge in [-0.05, 0) is 45.1 Å². The van der Waals surface area contributed by atoms with Gasteiger partial charge in [0, 0.05) is 6.42 Å². The summed E-state index contributed by atoms with van der Waals surface area (Å²) in [5, 5.41) is 0. The minimum atomic E-state index is -1.26. The summed E-state index contributed by atoms with van der Waals surface area (Å²) in [4.78, 5) is 36.2. The van der Waals surface area contributed by atoms with Crippen molar-refractivity contribution in [3.8, 4) is 0 Å². The Balaban J connectivity index is 2.34. The maximum atomic E-state index is 12.3. The lowest BCUT2D eigenvalue weighted by atomic mass is 9.83. The summed E-state index contributed by atoms with van der Waals surface area (Å²) in [5.74, 6) is -0.955. The van der Waals surface area contributed by atoms with E-state index in [9.17, 15) is 14.4 Å². The van der Waals surface area contributed by atoms with Crippen LogP contribution in [0.15, 0.2) is 11.1 Å². The molecule has 0 unspecified atom stereocenters. The van der Waals surface area contributed by atoms with E-state index in [0.29, 0.717) is 18.4 Å². The fourth-order valence-corrected chi connectivity index (χ4v) is 3.21. The van der Waals surface area contributed by atoms with Crippen LogP contribution in [0.25, 0.3) is 0 Å². The predicted molar refractivity (Wildman–Crippen MR) is 70.7 cm³/mol. The molecule has 1 saturated carbocycles. The van der Waals surface area contributed by atoms with Crippen LogP contribution < -0.4 is 0 Å². The SMILES string of the molecule is CCOC(=O)C1(C(=O)OCC)CC2=C(C)C(=O)C[C@H]2C1. The Hall–Kier alpha value is -1.65. The second kappa shape index (κ2) is 5.38. The highest BCUT2D eigenvalue weighted by Crippen LogP contribution is 2.52. The number of ketones is 1. The molecular formula is C15H20O5. The van der Waals surface area contributed by atoms with Crippen molar-refractivity contribution in [1.29, 1.82) is 0 Å². The lowest BCUT2D eigenvalue weighted by molar-refractivity contribution is -0.171. The average molecular weight is 280 g/mol. The summed E-state index contributed by atoms with van der Waals surface area (Å²) in [6.45, 7) is 5.63. The number of allylic oxidation sites excluding steroid dienone is 2. The molecule has 2 aliphatic carbocycles. The van der Waals surface area contributed by atoms with E-state index in [2.05, 4.69) is 0 Å². The molecule has 20 heavy (non-hydrogen) atoms. The molecule has 0 aliphatic heterocycles. The number of hydrogen-bond donors (Lipinski definition) is 0. The molecule has 0 saturated heterocycles. The van der Waals surface area contributed by atoms with Crippen LogP contribution in [0.3, 0.4) is 0 Å². The van der Waals surface area contributed by atoms with Gasteiger partial charge in [-0.25, -0.2) is 0 Å². The van der Waals surface area contributed by atoms with E-state index in [1.165, 1.54) is 0 Å². The number of rotatable bonds is 4. The molecule has 0 aromatic heterocycles. The lowest BCUT2D eigenvalue weighted by Gasteiger charge is -2.24. The molecule has 2 rings (SSSR count). The van der Waals surface area contributed by atoms with E-state index in [1.807, 2.05) is 0 Å². The van der Waals surface area contributed by atoms with Crippen molar-refractivity contribution in [2.45, 2.75) is 40.0 Å². The van der Waals surface area contributed by atoms with E-state index >= 15 is 0 Å². The molecule has 0 bridgehead atoms. The third-order valence-electron chi connectivity index (χ3n) is 4.24. The van der Waals surface area contributed by atoms with Gasteiger partial charge in [-0.2, -0.15) is 0 Å².